The van der Waals surface area contributed by atoms with Gasteiger partial charge in [0.2, 0.25) is 0 Å². The Balaban J connectivity index is 2.42. The van der Waals surface area contributed by atoms with Gasteiger partial charge >= 0.3 is 0 Å². The number of nitrogens with two attached hydrogens (primary N) is 1. The van der Waals surface area contributed by atoms with E-state index in [9.17, 15) is 4.79 Å². The Kier molecular flexibility index (Phi) is 6.44. The topological polar surface area (TPSA) is 46.3 Å². The lowest BCUT2D eigenvalue weighted by Gasteiger charge is -2.19. The molecule has 0 unspecified atom stereocenters. The van der Waals surface area contributed by atoms with Gasteiger partial charge in [0.25, 0.3) is 0 Å². The lowest BCUT2D eigenvalue weighted by atomic mass is 10.1. The third-order valence-corrected chi connectivity index (χ3v) is 3.16. The van der Waals surface area contributed by atoms with Crippen LogP contribution in [-0.4, -0.2) is 30.3 Å². The second-order valence-corrected chi connectivity index (χ2v) is 4.58. The SMILES string of the molecule is CCCCN(CC)CCC(=O)c1ccc(N)cc1. The third-order valence-electron chi connectivity index (χ3n) is 3.16. The van der Waals surface area contributed by atoms with Crippen molar-refractivity contribution in [1.29, 1.82) is 0 Å². The zero-order valence-corrected chi connectivity index (χ0v) is 11.5. The van der Waals surface area contributed by atoms with E-state index in [1.165, 1.54) is 12.8 Å². The molecule has 0 fully saturated rings. The molecule has 0 spiro atoms. The quantitative estimate of drug-likeness (QED) is 0.568. The van der Waals surface area contributed by atoms with Gasteiger partial charge in [-0.15, -0.1) is 0 Å². The van der Waals surface area contributed by atoms with Crippen molar-refractivity contribution in [2.75, 3.05) is 25.4 Å². The molecular formula is C15H24N2O. The number of Topliss-reactive ketones (excluding diaryl/α,β-unsaturated/α-hetero) is 1. The van der Waals surface area contributed by atoms with E-state index in [0.29, 0.717) is 12.1 Å². The first-order chi connectivity index (χ1) is 8.67. The predicted octanol–water partition coefficient (Wildman–Crippen LogP) is 2.96. The first-order valence-corrected chi connectivity index (χ1v) is 6.78. The molecule has 0 aliphatic carbocycles. The number of ketones is 1. The number of nitrogens with zero attached hydrogens (tertiary/aromatic N) is 1. The Morgan fingerprint density at radius 2 is 1.83 bits per heavy atom. The van der Waals surface area contributed by atoms with Crippen molar-refractivity contribution in [3.8, 4) is 0 Å². The second-order valence-electron chi connectivity index (χ2n) is 4.58. The summed E-state index contributed by atoms with van der Waals surface area (Å²) in [4.78, 5) is 14.3. The number of unbranched alkanes of at least 4 members (excludes halogenated alkanes) is 1. The Morgan fingerprint density at radius 3 is 2.39 bits per heavy atom. The average molecular weight is 248 g/mol. The number of benzene rings is 1. The van der Waals surface area contributed by atoms with Crippen LogP contribution in [0, 0.1) is 0 Å². The van der Waals surface area contributed by atoms with Crippen LogP contribution < -0.4 is 5.73 Å². The number of nitrogen functional groups attached to an aromatic ring is 1. The van der Waals surface area contributed by atoms with Gasteiger partial charge in [0.1, 0.15) is 0 Å². The van der Waals surface area contributed by atoms with Crippen LogP contribution in [0.1, 0.15) is 43.5 Å². The van der Waals surface area contributed by atoms with Gasteiger partial charge in [0, 0.05) is 24.2 Å². The highest BCUT2D eigenvalue weighted by Crippen LogP contribution is 2.08. The Bertz CT molecular complexity index is 359. The standard InChI is InChI=1S/C15H24N2O/c1-3-5-11-17(4-2)12-10-15(18)13-6-8-14(16)9-7-13/h6-9H,3-5,10-12,16H2,1-2H3. The summed E-state index contributed by atoms with van der Waals surface area (Å²) in [7, 11) is 0. The van der Waals surface area contributed by atoms with Gasteiger partial charge in [-0.05, 0) is 43.8 Å². The van der Waals surface area contributed by atoms with Crippen LogP contribution >= 0.6 is 0 Å². The summed E-state index contributed by atoms with van der Waals surface area (Å²) in [6, 6.07) is 7.17. The van der Waals surface area contributed by atoms with Gasteiger partial charge in [-0.1, -0.05) is 20.3 Å². The fourth-order valence-electron chi connectivity index (χ4n) is 1.88. The van der Waals surface area contributed by atoms with E-state index in [1.807, 2.05) is 0 Å². The monoisotopic (exact) mass is 248 g/mol. The fraction of sp³-hybridized carbons (Fsp3) is 0.533. The summed E-state index contributed by atoms with van der Waals surface area (Å²) >= 11 is 0. The Labute approximate surface area is 110 Å². The molecule has 18 heavy (non-hydrogen) atoms. The Hall–Kier alpha value is -1.35. The number of rotatable bonds is 8. The molecule has 0 saturated heterocycles. The molecule has 0 aliphatic heterocycles. The van der Waals surface area contributed by atoms with Crippen molar-refractivity contribution in [2.24, 2.45) is 0 Å². The molecule has 0 amide bonds. The van der Waals surface area contributed by atoms with Gasteiger partial charge in [0.15, 0.2) is 5.78 Å². The largest absolute Gasteiger partial charge is 0.399 e. The van der Waals surface area contributed by atoms with E-state index in [1.54, 1.807) is 24.3 Å². The van der Waals surface area contributed by atoms with E-state index in [4.69, 9.17) is 5.73 Å². The maximum Gasteiger partial charge on any atom is 0.164 e. The third kappa shape index (κ3) is 4.88. The minimum atomic E-state index is 0.199. The van der Waals surface area contributed by atoms with Gasteiger partial charge in [0.05, 0.1) is 0 Å². The molecule has 1 aromatic carbocycles. The van der Waals surface area contributed by atoms with Crippen molar-refractivity contribution >= 4 is 11.5 Å². The summed E-state index contributed by atoms with van der Waals surface area (Å²) in [6.07, 6.45) is 2.98. The molecule has 2 N–H and O–H groups in total. The van der Waals surface area contributed by atoms with Crippen LogP contribution in [0.4, 0.5) is 5.69 Å². The minimum absolute atomic E-state index is 0.199. The smallest absolute Gasteiger partial charge is 0.164 e. The summed E-state index contributed by atoms with van der Waals surface area (Å²) in [5, 5.41) is 0. The van der Waals surface area contributed by atoms with Gasteiger partial charge in [-0.2, -0.15) is 0 Å². The number of carbonyl (C=O) groups is 1. The second kappa shape index (κ2) is 7.88. The highest BCUT2D eigenvalue weighted by Gasteiger charge is 2.08. The molecule has 1 aromatic rings. The number of hydrogen-bond acceptors (Lipinski definition) is 3. The van der Waals surface area contributed by atoms with E-state index in [-0.39, 0.29) is 5.78 Å². The van der Waals surface area contributed by atoms with Crippen molar-refractivity contribution in [2.45, 2.75) is 33.1 Å². The molecule has 0 atom stereocenters. The average Bonchev–Trinajstić information content (AvgIpc) is 2.39. The predicted molar refractivity (Wildman–Crippen MR) is 76.8 cm³/mol. The number of hydrogen-bond donors (Lipinski definition) is 1. The van der Waals surface area contributed by atoms with Crippen molar-refractivity contribution < 1.29 is 4.79 Å². The highest BCUT2D eigenvalue weighted by atomic mass is 16.1. The molecule has 3 heteroatoms. The molecule has 0 heterocycles. The fourth-order valence-corrected chi connectivity index (χ4v) is 1.88. The maximum atomic E-state index is 12.0. The first kappa shape index (κ1) is 14.7. The van der Waals surface area contributed by atoms with Crippen LogP contribution in [0.2, 0.25) is 0 Å². The minimum Gasteiger partial charge on any atom is -0.399 e. The van der Waals surface area contributed by atoms with Crippen molar-refractivity contribution in [3.63, 3.8) is 0 Å². The zero-order valence-electron chi connectivity index (χ0n) is 11.5. The molecule has 0 bridgehead atoms. The molecule has 100 valence electrons. The maximum absolute atomic E-state index is 12.0. The van der Waals surface area contributed by atoms with Gasteiger partial charge in [-0.25, -0.2) is 0 Å². The summed E-state index contributed by atoms with van der Waals surface area (Å²) < 4.78 is 0. The van der Waals surface area contributed by atoms with Crippen molar-refractivity contribution in [3.05, 3.63) is 29.8 Å². The summed E-state index contributed by atoms with van der Waals surface area (Å²) in [5.74, 6) is 0.199. The summed E-state index contributed by atoms with van der Waals surface area (Å²) in [5.41, 5.74) is 7.06. The van der Waals surface area contributed by atoms with Crippen molar-refractivity contribution in [1.82, 2.24) is 4.90 Å². The van der Waals surface area contributed by atoms with E-state index >= 15 is 0 Å². The molecule has 0 radical (unpaired) electrons. The van der Waals surface area contributed by atoms with E-state index in [0.717, 1.165) is 25.2 Å². The van der Waals surface area contributed by atoms with Crippen LogP contribution in [0.15, 0.2) is 24.3 Å². The molecule has 3 nitrogen and oxygen atoms in total. The van der Waals surface area contributed by atoms with Gasteiger partial charge in [-0.3, -0.25) is 4.79 Å². The van der Waals surface area contributed by atoms with Crippen LogP contribution in [-0.2, 0) is 0 Å². The van der Waals surface area contributed by atoms with Crippen LogP contribution in [0.5, 0.6) is 0 Å². The molecule has 0 aromatic heterocycles. The summed E-state index contributed by atoms with van der Waals surface area (Å²) in [6.45, 7) is 7.27. The van der Waals surface area contributed by atoms with Crippen LogP contribution in [0.3, 0.4) is 0 Å². The molecule has 1 rings (SSSR count). The van der Waals surface area contributed by atoms with E-state index in [2.05, 4.69) is 18.7 Å². The van der Waals surface area contributed by atoms with E-state index < -0.39 is 0 Å². The van der Waals surface area contributed by atoms with Gasteiger partial charge < -0.3 is 10.6 Å². The highest BCUT2D eigenvalue weighted by molar-refractivity contribution is 5.96. The zero-order chi connectivity index (χ0) is 13.4. The van der Waals surface area contributed by atoms with Crippen LogP contribution in [0.25, 0.3) is 0 Å². The number of carbonyl (C=O) groups excluding carboxylic acids is 1. The lowest BCUT2D eigenvalue weighted by molar-refractivity contribution is 0.0965. The Morgan fingerprint density at radius 1 is 1.17 bits per heavy atom. The normalized spacial score (nSPS) is 10.8. The lowest BCUT2D eigenvalue weighted by Crippen LogP contribution is -2.27. The molecule has 0 aliphatic rings. The molecular weight excluding hydrogens is 224 g/mol. The first-order valence-electron chi connectivity index (χ1n) is 6.78. The molecule has 0 saturated carbocycles. The number of anilines is 1.